The summed E-state index contributed by atoms with van der Waals surface area (Å²) in [6, 6.07) is 9.32. The molecule has 28 heavy (non-hydrogen) atoms. The van der Waals surface area contributed by atoms with Gasteiger partial charge in [-0.3, -0.25) is 0 Å². The van der Waals surface area contributed by atoms with Crippen molar-refractivity contribution >= 4 is 18.0 Å². The molecular weight excluding hydrogens is 360 g/mol. The number of ether oxygens (including phenoxy) is 1. The number of rotatable bonds is 5. The molecule has 0 atom stereocenters. The van der Waals surface area contributed by atoms with Gasteiger partial charge in [0.2, 0.25) is 11.9 Å². The molecule has 3 heterocycles. The Labute approximate surface area is 160 Å². The van der Waals surface area contributed by atoms with Crippen molar-refractivity contribution < 1.29 is 9.53 Å². The number of hydrogen-bond acceptors (Lipinski definition) is 8. The highest BCUT2D eigenvalue weighted by molar-refractivity contribution is 5.87. The van der Waals surface area contributed by atoms with Crippen LogP contribution < -0.4 is 10.2 Å². The molecule has 1 fully saturated rings. The van der Waals surface area contributed by atoms with Crippen LogP contribution in [0.1, 0.15) is 17.1 Å². The van der Waals surface area contributed by atoms with Crippen LogP contribution in [0.5, 0.6) is 0 Å². The zero-order chi connectivity index (χ0) is 19.5. The molecule has 0 spiro atoms. The summed E-state index contributed by atoms with van der Waals surface area (Å²) in [5.41, 5.74) is 2.29. The van der Waals surface area contributed by atoms with Gasteiger partial charge in [0.05, 0.1) is 36.7 Å². The van der Waals surface area contributed by atoms with E-state index >= 15 is 0 Å². The number of imidazole rings is 1. The molecule has 0 unspecified atom stereocenters. The summed E-state index contributed by atoms with van der Waals surface area (Å²) in [4.78, 5) is 30.2. The number of carbonyl (C=O) groups is 1. The molecule has 1 aliphatic heterocycles. The van der Waals surface area contributed by atoms with Gasteiger partial charge in [-0.15, -0.1) is 0 Å². The molecule has 10 heteroatoms. The monoisotopic (exact) mass is 376 g/mol. The molecule has 1 N–H and O–H groups in total. The highest BCUT2D eigenvalue weighted by Gasteiger charge is 2.26. The zero-order valence-electron chi connectivity index (χ0n) is 15.0. The van der Waals surface area contributed by atoms with Gasteiger partial charge in [-0.1, -0.05) is 0 Å². The topological polar surface area (TPSA) is 122 Å². The fourth-order valence-electron chi connectivity index (χ4n) is 2.72. The van der Waals surface area contributed by atoms with Crippen LogP contribution in [0.4, 0.5) is 16.7 Å². The number of cyclic esters (lactones) is 1. The third-order valence-corrected chi connectivity index (χ3v) is 4.10. The minimum Gasteiger partial charge on any atom is -0.447 e. The van der Waals surface area contributed by atoms with Gasteiger partial charge in [0.15, 0.2) is 0 Å². The van der Waals surface area contributed by atoms with E-state index in [0.717, 1.165) is 11.4 Å². The SMILES string of the molecule is Cc1nc(NCc2cn(-c3ccc(C#N)cc3)cn2)nc(N2CCOC2=O)n1. The summed E-state index contributed by atoms with van der Waals surface area (Å²) < 4.78 is 6.79. The lowest BCUT2D eigenvalue weighted by atomic mass is 10.2. The summed E-state index contributed by atoms with van der Waals surface area (Å²) >= 11 is 0. The number of amides is 1. The fourth-order valence-corrected chi connectivity index (χ4v) is 2.72. The maximum absolute atomic E-state index is 11.7. The highest BCUT2D eigenvalue weighted by atomic mass is 16.6. The average molecular weight is 376 g/mol. The Hall–Kier alpha value is -4.00. The van der Waals surface area contributed by atoms with Gasteiger partial charge in [0.1, 0.15) is 12.4 Å². The molecule has 3 aromatic rings. The van der Waals surface area contributed by atoms with Crippen LogP contribution in [-0.2, 0) is 11.3 Å². The van der Waals surface area contributed by atoms with Gasteiger partial charge in [-0.05, 0) is 31.2 Å². The smallest absolute Gasteiger partial charge is 0.416 e. The largest absolute Gasteiger partial charge is 0.447 e. The van der Waals surface area contributed by atoms with Gasteiger partial charge >= 0.3 is 6.09 Å². The van der Waals surface area contributed by atoms with E-state index in [2.05, 4.69) is 31.3 Å². The first-order valence-electron chi connectivity index (χ1n) is 8.56. The third kappa shape index (κ3) is 3.59. The number of nitrogens with one attached hydrogen (secondary N) is 1. The minimum atomic E-state index is -0.460. The molecule has 140 valence electrons. The van der Waals surface area contributed by atoms with E-state index < -0.39 is 6.09 Å². The molecule has 1 saturated heterocycles. The molecule has 1 aliphatic rings. The number of nitrogens with zero attached hydrogens (tertiary/aromatic N) is 7. The maximum Gasteiger partial charge on any atom is 0.416 e. The molecule has 10 nitrogen and oxygen atoms in total. The third-order valence-electron chi connectivity index (χ3n) is 4.10. The highest BCUT2D eigenvalue weighted by Crippen LogP contribution is 2.16. The van der Waals surface area contributed by atoms with Crippen molar-refractivity contribution in [3.8, 4) is 11.8 Å². The zero-order valence-corrected chi connectivity index (χ0v) is 15.0. The first-order valence-corrected chi connectivity index (χ1v) is 8.56. The molecule has 4 rings (SSSR count). The molecule has 0 aliphatic carbocycles. The van der Waals surface area contributed by atoms with Gasteiger partial charge in [-0.2, -0.15) is 20.2 Å². The predicted molar refractivity (Wildman–Crippen MR) is 98.9 cm³/mol. The summed E-state index contributed by atoms with van der Waals surface area (Å²) in [5, 5.41) is 12.0. The first kappa shape index (κ1) is 17.4. The lowest BCUT2D eigenvalue weighted by Crippen LogP contribution is -2.26. The van der Waals surface area contributed by atoms with Crippen molar-refractivity contribution in [3.63, 3.8) is 0 Å². The van der Waals surface area contributed by atoms with E-state index in [-0.39, 0.29) is 5.95 Å². The fraction of sp³-hybridized carbons (Fsp3) is 0.222. The van der Waals surface area contributed by atoms with Crippen LogP contribution in [-0.4, -0.2) is 43.7 Å². The quantitative estimate of drug-likeness (QED) is 0.715. The Morgan fingerprint density at radius 3 is 2.79 bits per heavy atom. The molecule has 0 saturated carbocycles. The molecule has 1 aromatic carbocycles. The normalized spacial score (nSPS) is 13.3. The summed E-state index contributed by atoms with van der Waals surface area (Å²) in [5.74, 6) is 1.12. The second-order valence-corrected chi connectivity index (χ2v) is 6.06. The first-order chi connectivity index (χ1) is 13.6. The van der Waals surface area contributed by atoms with Crippen LogP contribution in [0.2, 0.25) is 0 Å². The molecule has 1 amide bonds. The van der Waals surface area contributed by atoms with Crippen LogP contribution in [0.25, 0.3) is 5.69 Å². The summed E-state index contributed by atoms with van der Waals surface area (Å²) in [6.45, 7) is 2.86. The number of nitriles is 1. The van der Waals surface area contributed by atoms with Crippen molar-refractivity contribution in [1.29, 1.82) is 5.26 Å². The lowest BCUT2D eigenvalue weighted by Gasteiger charge is -2.12. The lowest BCUT2D eigenvalue weighted by molar-refractivity contribution is 0.181. The number of hydrogen-bond donors (Lipinski definition) is 1. The number of anilines is 2. The Bertz CT molecular complexity index is 1050. The molecule has 0 bridgehead atoms. The van der Waals surface area contributed by atoms with Crippen molar-refractivity contribution in [2.45, 2.75) is 13.5 Å². The van der Waals surface area contributed by atoms with Crippen molar-refractivity contribution in [2.24, 2.45) is 0 Å². The predicted octanol–water partition coefficient (Wildman–Crippen LogP) is 1.81. The number of aromatic nitrogens is 5. The Kier molecular flexibility index (Phi) is 4.55. The Morgan fingerprint density at radius 2 is 2.07 bits per heavy atom. The van der Waals surface area contributed by atoms with Crippen LogP contribution in [0, 0.1) is 18.3 Å². The average Bonchev–Trinajstić information content (AvgIpc) is 3.35. The number of benzene rings is 1. The van der Waals surface area contributed by atoms with E-state index in [4.69, 9.17) is 10.00 Å². The van der Waals surface area contributed by atoms with Crippen LogP contribution in [0.15, 0.2) is 36.8 Å². The summed E-state index contributed by atoms with van der Waals surface area (Å²) in [6.07, 6.45) is 3.11. The van der Waals surface area contributed by atoms with E-state index in [1.165, 1.54) is 4.90 Å². The number of carbonyl (C=O) groups excluding carboxylic acids is 1. The second kappa shape index (κ2) is 7.32. The minimum absolute atomic E-state index is 0.264. The van der Waals surface area contributed by atoms with Crippen molar-refractivity contribution in [1.82, 2.24) is 24.5 Å². The van der Waals surface area contributed by atoms with E-state index in [0.29, 0.717) is 37.0 Å². The standard InChI is InChI=1S/C18H16N8O2/c1-12-22-16(24-17(23-12)26-6-7-28-18(26)27)20-9-14-10-25(11-21-14)15-4-2-13(8-19)3-5-15/h2-5,10-11H,6-7,9H2,1H3,(H,20,22,23,24). The van der Waals surface area contributed by atoms with Crippen molar-refractivity contribution in [2.75, 3.05) is 23.4 Å². The van der Waals surface area contributed by atoms with Gasteiger partial charge in [-0.25, -0.2) is 14.7 Å². The van der Waals surface area contributed by atoms with E-state index in [1.807, 2.05) is 22.9 Å². The van der Waals surface area contributed by atoms with Gasteiger partial charge < -0.3 is 14.6 Å². The van der Waals surface area contributed by atoms with Gasteiger partial charge in [0, 0.05) is 11.9 Å². The molecule has 2 aromatic heterocycles. The van der Waals surface area contributed by atoms with Gasteiger partial charge in [0.25, 0.3) is 0 Å². The van der Waals surface area contributed by atoms with Crippen molar-refractivity contribution in [3.05, 3.63) is 53.9 Å². The Balaban J connectivity index is 1.46. The van der Waals surface area contributed by atoms with Crippen LogP contribution in [0.3, 0.4) is 0 Å². The second-order valence-electron chi connectivity index (χ2n) is 6.06. The maximum atomic E-state index is 11.7. The molecular formula is C18H16N8O2. The number of aryl methyl sites for hydroxylation is 1. The van der Waals surface area contributed by atoms with E-state index in [1.54, 1.807) is 25.4 Å². The molecule has 0 radical (unpaired) electrons. The van der Waals surface area contributed by atoms with E-state index in [9.17, 15) is 4.79 Å². The summed E-state index contributed by atoms with van der Waals surface area (Å²) in [7, 11) is 0. The van der Waals surface area contributed by atoms with Crippen LogP contribution >= 0.6 is 0 Å². The Morgan fingerprint density at radius 1 is 1.25 bits per heavy atom.